The summed E-state index contributed by atoms with van der Waals surface area (Å²) in [5, 5.41) is 16.8. The Morgan fingerprint density at radius 2 is 2.12 bits per heavy atom. The molecule has 84 valence electrons. The van der Waals surface area contributed by atoms with E-state index >= 15 is 0 Å². The van der Waals surface area contributed by atoms with Crippen LogP contribution in [-0.2, 0) is 6.42 Å². The second kappa shape index (κ2) is 5.07. The predicted molar refractivity (Wildman–Crippen MR) is 67.5 cm³/mol. The number of hydrogen-bond acceptors (Lipinski definition) is 3. The Morgan fingerprint density at radius 3 is 2.81 bits per heavy atom. The van der Waals surface area contributed by atoms with Gasteiger partial charge in [-0.25, -0.2) is 4.68 Å². The van der Waals surface area contributed by atoms with Gasteiger partial charge in [-0.1, -0.05) is 21.1 Å². The molecule has 0 spiro atoms. The molecule has 1 N–H and O–H groups in total. The maximum atomic E-state index is 8.80. The Hall–Kier alpha value is -0.720. The first kappa shape index (κ1) is 11.8. The van der Waals surface area contributed by atoms with Crippen molar-refractivity contribution in [2.75, 3.05) is 6.61 Å². The van der Waals surface area contributed by atoms with Gasteiger partial charge in [0.1, 0.15) is 0 Å². The molecule has 0 saturated carbocycles. The fourth-order valence-electron chi connectivity index (χ4n) is 1.31. The van der Waals surface area contributed by atoms with Crippen LogP contribution in [0.5, 0.6) is 0 Å². The second-order valence-corrected chi connectivity index (χ2v) is 4.99. The number of hydrogen-bond donors (Lipinski definition) is 1. The van der Waals surface area contributed by atoms with E-state index < -0.39 is 0 Å². The van der Waals surface area contributed by atoms with Gasteiger partial charge in [0.2, 0.25) is 0 Å². The van der Waals surface area contributed by atoms with E-state index in [2.05, 4.69) is 42.2 Å². The van der Waals surface area contributed by atoms with Crippen LogP contribution in [0.1, 0.15) is 5.69 Å². The van der Waals surface area contributed by atoms with Crippen molar-refractivity contribution in [3.05, 3.63) is 39.0 Å². The molecule has 0 bridgehead atoms. The van der Waals surface area contributed by atoms with E-state index in [9.17, 15) is 0 Å². The molecule has 0 atom stereocenters. The fraction of sp³-hybridized carbons (Fsp3) is 0.200. The Balaban J connectivity index is 2.35. The van der Waals surface area contributed by atoms with Gasteiger partial charge in [0.25, 0.3) is 0 Å². The standard InChI is InChI=1S/C10H9Br2N3O/c11-7-1-2-10(9(12)5-7)15-6-8(3-4-16)13-14-15/h1-2,5-6,16H,3-4H2. The van der Waals surface area contributed by atoms with E-state index in [0.29, 0.717) is 6.42 Å². The number of benzene rings is 1. The lowest BCUT2D eigenvalue weighted by Gasteiger charge is -2.03. The van der Waals surface area contributed by atoms with Crippen LogP contribution in [0.25, 0.3) is 5.69 Å². The highest BCUT2D eigenvalue weighted by Crippen LogP contribution is 2.24. The van der Waals surface area contributed by atoms with Crippen molar-refractivity contribution in [2.45, 2.75) is 6.42 Å². The summed E-state index contributed by atoms with van der Waals surface area (Å²) in [5.74, 6) is 0. The van der Waals surface area contributed by atoms with Gasteiger partial charge in [0.15, 0.2) is 0 Å². The maximum Gasteiger partial charge on any atom is 0.0854 e. The van der Waals surface area contributed by atoms with Crippen molar-refractivity contribution >= 4 is 31.9 Å². The Morgan fingerprint density at radius 1 is 1.31 bits per heavy atom. The molecule has 0 aliphatic carbocycles. The predicted octanol–water partition coefficient (Wildman–Crippen LogP) is 2.33. The lowest BCUT2D eigenvalue weighted by molar-refractivity contribution is 0.298. The van der Waals surface area contributed by atoms with Gasteiger partial charge >= 0.3 is 0 Å². The molecule has 6 heteroatoms. The number of aliphatic hydroxyl groups is 1. The third kappa shape index (κ3) is 2.50. The van der Waals surface area contributed by atoms with Crippen LogP contribution in [0.4, 0.5) is 0 Å². The average molecular weight is 347 g/mol. The first-order valence-electron chi connectivity index (χ1n) is 4.68. The average Bonchev–Trinajstić information content (AvgIpc) is 2.67. The minimum Gasteiger partial charge on any atom is -0.396 e. The van der Waals surface area contributed by atoms with Gasteiger partial charge in [0.05, 0.1) is 17.6 Å². The van der Waals surface area contributed by atoms with Crippen molar-refractivity contribution in [2.24, 2.45) is 0 Å². The first-order chi connectivity index (χ1) is 7.70. The molecule has 4 nitrogen and oxygen atoms in total. The van der Waals surface area contributed by atoms with Crippen LogP contribution in [0.15, 0.2) is 33.3 Å². The quantitative estimate of drug-likeness (QED) is 0.927. The van der Waals surface area contributed by atoms with Crippen LogP contribution < -0.4 is 0 Å². The number of halogens is 2. The number of rotatable bonds is 3. The number of aromatic nitrogens is 3. The molecule has 0 fully saturated rings. The summed E-state index contributed by atoms with van der Waals surface area (Å²) in [6.07, 6.45) is 2.33. The van der Waals surface area contributed by atoms with Gasteiger partial charge in [-0.15, -0.1) is 5.10 Å². The molecule has 0 amide bonds. The second-order valence-electron chi connectivity index (χ2n) is 3.22. The first-order valence-corrected chi connectivity index (χ1v) is 6.27. The highest BCUT2D eigenvalue weighted by atomic mass is 79.9. The smallest absolute Gasteiger partial charge is 0.0854 e. The van der Waals surface area contributed by atoms with E-state index in [1.54, 1.807) is 4.68 Å². The summed E-state index contributed by atoms with van der Waals surface area (Å²) in [6, 6.07) is 5.82. The SMILES string of the molecule is OCCc1cn(-c2ccc(Br)cc2Br)nn1. The van der Waals surface area contributed by atoms with E-state index in [1.165, 1.54) is 0 Å². The van der Waals surface area contributed by atoms with E-state index in [4.69, 9.17) is 5.11 Å². The van der Waals surface area contributed by atoms with E-state index in [1.807, 2.05) is 24.4 Å². The molecule has 16 heavy (non-hydrogen) atoms. The van der Waals surface area contributed by atoms with Crippen LogP contribution in [-0.4, -0.2) is 26.7 Å². The molecular weight excluding hydrogens is 338 g/mol. The van der Waals surface area contributed by atoms with Gasteiger partial charge in [-0.05, 0) is 34.1 Å². The Labute approximate surface area is 110 Å². The monoisotopic (exact) mass is 345 g/mol. The zero-order valence-electron chi connectivity index (χ0n) is 8.27. The normalized spacial score (nSPS) is 10.7. The summed E-state index contributed by atoms with van der Waals surface area (Å²) < 4.78 is 3.61. The summed E-state index contributed by atoms with van der Waals surface area (Å²) in [6.45, 7) is 0.0835. The van der Waals surface area contributed by atoms with E-state index in [-0.39, 0.29) is 6.61 Å². The third-order valence-corrected chi connectivity index (χ3v) is 3.19. The Kier molecular flexibility index (Phi) is 3.73. The van der Waals surface area contributed by atoms with Crippen LogP contribution in [0, 0.1) is 0 Å². The zero-order valence-corrected chi connectivity index (χ0v) is 11.4. The molecule has 0 unspecified atom stereocenters. The number of aliphatic hydroxyl groups excluding tert-OH is 1. The van der Waals surface area contributed by atoms with Crippen LogP contribution in [0.2, 0.25) is 0 Å². The van der Waals surface area contributed by atoms with E-state index in [0.717, 1.165) is 20.3 Å². The molecule has 0 radical (unpaired) electrons. The van der Waals surface area contributed by atoms with Crippen LogP contribution in [0.3, 0.4) is 0 Å². The molecule has 0 saturated heterocycles. The molecule has 2 rings (SSSR count). The van der Waals surface area contributed by atoms with Gasteiger partial charge in [-0.2, -0.15) is 0 Å². The number of nitrogens with zero attached hydrogens (tertiary/aromatic N) is 3. The van der Waals surface area contributed by atoms with Crippen molar-refractivity contribution in [1.82, 2.24) is 15.0 Å². The molecule has 2 aromatic rings. The highest BCUT2D eigenvalue weighted by Gasteiger charge is 2.06. The maximum absolute atomic E-state index is 8.80. The van der Waals surface area contributed by atoms with Crippen molar-refractivity contribution < 1.29 is 5.11 Å². The molecule has 0 aliphatic rings. The minimum absolute atomic E-state index is 0.0835. The Bertz CT molecular complexity index is 499. The lowest BCUT2D eigenvalue weighted by atomic mass is 10.3. The molecule has 0 aliphatic heterocycles. The van der Waals surface area contributed by atoms with Gasteiger partial charge < -0.3 is 5.11 Å². The molecular formula is C10H9Br2N3O. The van der Waals surface area contributed by atoms with Crippen molar-refractivity contribution in [1.29, 1.82) is 0 Å². The van der Waals surface area contributed by atoms with Crippen molar-refractivity contribution in [3.63, 3.8) is 0 Å². The molecule has 1 aromatic carbocycles. The molecule has 1 heterocycles. The molecule has 1 aromatic heterocycles. The topological polar surface area (TPSA) is 50.9 Å². The third-order valence-electron chi connectivity index (χ3n) is 2.07. The zero-order chi connectivity index (χ0) is 11.5. The summed E-state index contributed by atoms with van der Waals surface area (Å²) in [7, 11) is 0. The largest absolute Gasteiger partial charge is 0.396 e. The summed E-state index contributed by atoms with van der Waals surface area (Å²) >= 11 is 6.85. The fourth-order valence-corrected chi connectivity index (χ4v) is 2.54. The summed E-state index contributed by atoms with van der Waals surface area (Å²) in [5.41, 5.74) is 1.69. The van der Waals surface area contributed by atoms with Crippen LogP contribution >= 0.6 is 31.9 Å². The minimum atomic E-state index is 0.0835. The highest BCUT2D eigenvalue weighted by molar-refractivity contribution is 9.11. The van der Waals surface area contributed by atoms with Gasteiger partial charge in [-0.3, -0.25) is 0 Å². The van der Waals surface area contributed by atoms with Gasteiger partial charge in [0, 0.05) is 22.0 Å². The van der Waals surface area contributed by atoms with Crippen molar-refractivity contribution in [3.8, 4) is 5.69 Å². The lowest BCUT2D eigenvalue weighted by Crippen LogP contribution is -1.95. The summed E-state index contributed by atoms with van der Waals surface area (Å²) in [4.78, 5) is 0.